The third-order valence-corrected chi connectivity index (χ3v) is 1.96. The van der Waals surface area contributed by atoms with Gasteiger partial charge in [-0.3, -0.25) is 0 Å². The number of nitrogens with one attached hydrogen (secondary N) is 1. The van der Waals surface area contributed by atoms with Crippen LogP contribution in [0.4, 0.5) is 24.5 Å². The first kappa shape index (κ1) is 10.5. The number of pyridine rings is 1. The number of rotatable bonds is 2. The Balaban J connectivity index is 2.31. The molecule has 1 heterocycles. The van der Waals surface area contributed by atoms with E-state index in [2.05, 4.69) is 10.3 Å². The smallest absolute Gasteiger partial charge is 0.214 e. The Kier molecular flexibility index (Phi) is 2.76. The predicted octanol–water partition coefficient (Wildman–Crippen LogP) is 3.24. The van der Waals surface area contributed by atoms with Crippen LogP contribution in [-0.4, -0.2) is 4.98 Å². The lowest BCUT2D eigenvalue weighted by Crippen LogP contribution is -1.96. The van der Waals surface area contributed by atoms with Gasteiger partial charge in [-0.2, -0.15) is 4.39 Å². The molecule has 0 atom stereocenters. The molecule has 0 fully saturated rings. The molecule has 82 valence electrons. The lowest BCUT2D eigenvalue weighted by molar-refractivity contribution is 0.511. The van der Waals surface area contributed by atoms with Crippen molar-refractivity contribution in [3.63, 3.8) is 0 Å². The fourth-order valence-corrected chi connectivity index (χ4v) is 1.24. The maximum absolute atomic E-state index is 13.2. The fraction of sp³-hybridized carbons (Fsp3) is 0. The summed E-state index contributed by atoms with van der Waals surface area (Å²) in [5.41, 5.74) is 0.252. The second-order valence-corrected chi connectivity index (χ2v) is 3.09. The highest BCUT2D eigenvalue weighted by molar-refractivity contribution is 5.59. The zero-order chi connectivity index (χ0) is 11.5. The molecule has 2 aromatic rings. The van der Waals surface area contributed by atoms with Crippen LogP contribution in [0.15, 0.2) is 36.5 Å². The van der Waals surface area contributed by atoms with Crippen molar-refractivity contribution >= 4 is 11.4 Å². The number of hydrogen-bond donors (Lipinski definition) is 1. The number of anilines is 2. The van der Waals surface area contributed by atoms with E-state index in [1.54, 1.807) is 0 Å². The number of benzene rings is 1. The van der Waals surface area contributed by atoms with Crippen molar-refractivity contribution in [2.45, 2.75) is 0 Å². The van der Waals surface area contributed by atoms with Gasteiger partial charge < -0.3 is 5.32 Å². The van der Waals surface area contributed by atoms with Gasteiger partial charge in [-0.15, -0.1) is 0 Å². The summed E-state index contributed by atoms with van der Waals surface area (Å²) in [5.74, 6) is -2.65. The molecular formula is C11H7F3N2. The molecule has 0 amide bonds. The van der Waals surface area contributed by atoms with Gasteiger partial charge in [-0.1, -0.05) is 6.07 Å². The largest absolute Gasteiger partial charge is 0.353 e. The molecule has 1 aromatic carbocycles. The van der Waals surface area contributed by atoms with E-state index >= 15 is 0 Å². The number of aromatic nitrogens is 1. The average molecular weight is 224 g/mol. The van der Waals surface area contributed by atoms with E-state index in [4.69, 9.17) is 0 Å². The molecule has 0 saturated heterocycles. The minimum absolute atomic E-state index is 0.0504. The van der Waals surface area contributed by atoms with Crippen LogP contribution in [-0.2, 0) is 0 Å². The normalized spacial score (nSPS) is 10.2. The van der Waals surface area contributed by atoms with Crippen molar-refractivity contribution in [2.75, 3.05) is 5.32 Å². The molecule has 2 rings (SSSR count). The Labute approximate surface area is 89.8 Å². The van der Waals surface area contributed by atoms with Crippen molar-refractivity contribution in [1.82, 2.24) is 4.98 Å². The zero-order valence-electron chi connectivity index (χ0n) is 8.05. The summed E-state index contributed by atoms with van der Waals surface area (Å²) in [5, 5.41) is 2.56. The first-order valence-electron chi connectivity index (χ1n) is 4.49. The van der Waals surface area contributed by atoms with E-state index < -0.39 is 17.6 Å². The van der Waals surface area contributed by atoms with Gasteiger partial charge in [0.15, 0.2) is 11.6 Å². The summed E-state index contributed by atoms with van der Waals surface area (Å²) in [7, 11) is 0. The Hall–Kier alpha value is -2.04. The molecule has 2 nitrogen and oxygen atoms in total. The van der Waals surface area contributed by atoms with Crippen LogP contribution < -0.4 is 5.32 Å². The Bertz CT molecular complexity index is 514. The van der Waals surface area contributed by atoms with Crippen molar-refractivity contribution in [2.24, 2.45) is 0 Å². The minimum atomic E-state index is -1.00. The maximum atomic E-state index is 13.2. The minimum Gasteiger partial charge on any atom is -0.353 e. The quantitative estimate of drug-likeness (QED) is 0.792. The molecule has 0 radical (unpaired) electrons. The van der Waals surface area contributed by atoms with E-state index in [1.807, 2.05) is 0 Å². The maximum Gasteiger partial charge on any atom is 0.214 e. The molecule has 0 spiro atoms. The summed E-state index contributed by atoms with van der Waals surface area (Å²) in [6, 6.07) is 6.26. The van der Waals surface area contributed by atoms with E-state index in [9.17, 15) is 13.2 Å². The number of hydrogen-bond acceptors (Lipinski definition) is 2. The SMILES string of the molecule is Fc1cc(Nc2cccc(F)c2F)ccn1. The van der Waals surface area contributed by atoms with Gasteiger partial charge in [0.25, 0.3) is 0 Å². The molecule has 0 unspecified atom stereocenters. The van der Waals surface area contributed by atoms with Crippen LogP contribution in [0.25, 0.3) is 0 Å². The summed E-state index contributed by atoms with van der Waals surface area (Å²) >= 11 is 0. The van der Waals surface area contributed by atoms with Crippen LogP contribution >= 0.6 is 0 Å². The second kappa shape index (κ2) is 4.22. The van der Waals surface area contributed by atoms with Gasteiger partial charge in [0.2, 0.25) is 5.95 Å². The molecule has 0 aliphatic rings. The summed E-state index contributed by atoms with van der Waals surface area (Å²) < 4.78 is 38.8. The molecule has 0 aliphatic heterocycles. The van der Waals surface area contributed by atoms with Crippen molar-refractivity contribution < 1.29 is 13.2 Å². The lowest BCUT2D eigenvalue weighted by atomic mass is 10.2. The van der Waals surface area contributed by atoms with Crippen LogP contribution in [0.5, 0.6) is 0 Å². The first-order chi connectivity index (χ1) is 7.66. The number of nitrogens with zero attached hydrogens (tertiary/aromatic N) is 1. The molecule has 0 saturated carbocycles. The van der Waals surface area contributed by atoms with E-state index in [0.29, 0.717) is 5.69 Å². The third kappa shape index (κ3) is 2.13. The molecular weight excluding hydrogens is 217 g/mol. The molecule has 1 N–H and O–H groups in total. The predicted molar refractivity (Wildman–Crippen MR) is 53.8 cm³/mol. The van der Waals surface area contributed by atoms with Crippen molar-refractivity contribution in [3.05, 3.63) is 54.1 Å². The fourth-order valence-electron chi connectivity index (χ4n) is 1.24. The van der Waals surface area contributed by atoms with Crippen LogP contribution in [0.1, 0.15) is 0 Å². The Morgan fingerprint density at radius 2 is 1.88 bits per heavy atom. The molecule has 0 bridgehead atoms. The summed E-state index contributed by atoms with van der Waals surface area (Å²) in [6.45, 7) is 0. The lowest BCUT2D eigenvalue weighted by Gasteiger charge is -2.07. The van der Waals surface area contributed by atoms with Crippen molar-refractivity contribution in [1.29, 1.82) is 0 Å². The van der Waals surface area contributed by atoms with Gasteiger partial charge in [0, 0.05) is 18.0 Å². The zero-order valence-corrected chi connectivity index (χ0v) is 8.05. The highest BCUT2D eigenvalue weighted by atomic mass is 19.2. The highest BCUT2D eigenvalue weighted by Gasteiger charge is 2.07. The van der Waals surface area contributed by atoms with Crippen LogP contribution in [0.2, 0.25) is 0 Å². The summed E-state index contributed by atoms with van der Waals surface area (Å²) in [4.78, 5) is 3.35. The van der Waals surface area contributed by atoms with E-state index in [0.717, 1.165) is 12.1 Å². The first-order valence-corrected chi connectivity index (χ1v) is 4.49. The molecule has 0 aliphatic carbocycles. The second-order valence-electron chi connectivity index (χ2n) is 3.09. The van der Waals surface area contributed by atoms with Crippen molar-refractivity contribution in [3.8, 4) is 0 Å². The van der Waals surface area contributed by atoms with E-state index in [1.165, 1.54) is 24.4 Å². The molecule has 16 heavy (non-hydrogen) atoms. The topological polar surface area (TPSA) is 24.9 Å². The van der Waals surface area contributed by atoms with Crippen LogP contribution in [0.3, 0.4) is 0 Å². The molecule has 5 heteroatoms. The highest BCUT2D eigenvalue weighted by Crippen LogP contribution is 2.21. The summed E-state index contributed by atoms with van der Waals surface area (Å²) in [6.07, 6.45) is 1.23. The molecule has 1 aromatic heterocycles. The van der Waals surface area contributed by atoms with Gasteiger partial charge in [0.05, 0.1) is 5.69 Å². The average Bonchev–Trinajstić information content (AvgIpc) is 2.25. The monoisotopic (exact) mass is 224 g/mol. The van der Waals surface area contributed by atoms with Gasteiger partial charge in [-0.05, 0) is 18.2 Å². The standard InChI is InChI=1S/C11H7F3N2/c12-8-2-1-3-9(11(8)14)16-7-4-5-15-10(13)6-7/h1-6H,(H,15,16). The Morgan fingerprint density at radius 3 is 2.62 bits per heavy atom. The van der Waals surface area contributed by atoms with Gasteiger partial charge >= 0.3 is 0 Å². The van der Waals surface area contributed by atoms with Gasteiger partial charge in [0.1, 0.15) is 0 Å². The third-order valence-electron chi connectivity index (χ3n) is 1.96. The van der Waals surface area contributed by atoms with Crippen LogP contribution in [0, 0.1) is 17.6 Å². The van der Waals surface area contributed by atoms with Gasteiger partial charge in [-0.25, -0.2) is 13.8 Å². The van der Waals surface area contributed by atoms with E-state index in [-0.39, 0.29) is 5.69 Å². The number of halogens is 3. The Morgan fingerprint density at radius 1 is 1.06 bits per heavy atom.